The SMILES string of the molecule is CCCCCCCC/C=C\CCCC(CC(=O)NC(CO)C(O)CCCCCCCCCCC)OC(=O)CCCCCCCCCCC. The summed E-state index contributed by atoms with van der Waals surface area (Å²) in [5.74, 6) is -0.502. The molecule has 0 fully saturated rings. The molecule has 0 aliphatic carbocycles. The van der Waals surface area contributed by atoms with Gasteiger partial charge in [-0.15, -0.1) is 0 Å². The summed E-state index contributed by atoms with van der Waals surface area (Å²) < 4.78 is 5.85. The van der Waals surface area contributed by atoms with Gasteiger partial charge in [-0.3, -0.25) is 9.59 Å². The highest BCUT2D eigenvalue weighted by Crippen LogP contribution is 2.16. The predicted octanol–water partition coefficient (Wildman–Crippen LogP) is 11.4. The lowest BCUT2D eigenvalue weighted by Gasteiger charge is -2.24. The molecule has 0 aliphatic heterocycles. The van der Waals surface area contributed by atoms with Gasteiger partial charge in [0, 0.05) is 6.42 Å². The minimum absolute atomic E-state index is 0.0617. The highest BCUT2D eigenvalue weighted by atomic mass is 16.5. The summed E-state index contributed by atoms with van der Waals surface area (Å²) in [6.07, 6.45) is 37.1. The topological polar surface area (TPSA) is 95.9 Å². The molecule has 0 aromatic carbocycles. The number of esters is 1. The van der Waals surface area contributed by atoms with E-state index in [1.807, 2.05) is 0 Å². The number of aliphatic hydroxyl groups excluding tert-OH is 2. The Bertz CT molecular complexity index is 727. The average molecular weight is 680 g/mol. The first-order chi connectivity index (χ1) is 23.5. The molecule has 0 bridgehead atoms. The summed E-state index contributed by atoms with van der Waals surface area (Å²) in [5.41, 5.74) is 0. The molecule has 6 heteroatoms. The maximum atomic E-state index is 13.0. The molecule has 1 amide bonds. The molecule has 0 heterocycles. The van der Waals surface area contributed by atoms with Crippen LogP contribution in [-0.4, -0.2) is 46.9 Å². The first-order valence-electron chi connectivity index (χ1n) is 20.9. The fourth-order valence-electron chi connectivity index (χ4n) is 6.37. The number of aliphatic hydroxyl groups is 2. The van der Waals surface area contributed by atoms with Crippen LogP contribution in [0, 0.1) is 0 Å². The average Bonchev–Trinajstić information content (AvgIpc) is 3.07. The van der Waals surface area contributed by atoms with Gasteiger partial charge in [0.2, 0.25) is 5.91 Å². The van der Waals surface area contributed by atoms with Crippen LogP contribution in [0.15, 0.2) is 12.2 Å². The van der Waals surface area contributed by atoms with Crippen LogP contribution in [0.1, 0.15) is 220 Å². The van der Waals surface area contributed by atoms with Crippen molar-refractivity contribution in [2.24, 2.45) is 0 Å². The molecule has 3 unspecified atom stereocenters. The number of allylic oxidation sites excluding steroid dienone is 2. The second kappa shape index (κ2) is 36.9. The maximum absolute atomic E-state index is 13.0. The van der Waals surface area contributed by atoms with E-state index in [-0.39, 0.29) is 24.9 Å². The molecular formula is C42H81NO5. The molecule has 0 saturated carbocycles. The summed E-state index contributed by atoms with van der Waals surface area (Å²) in [5, 5.41) is 23.5. The Morgan fingerprint density at radius 3 is 1.52 bits per heavy atom. The van der Waals surface area contributed by atoms with Gasteiger partial charge in [0.1, 0.15) is 6.10 Å². The number of nitrogens with one attached hydrogen (secondary N) is 1. The van der Waals surface area contributed by atoms with Crippen LogP contribution in [0.2, 0.25) is 0 Å². The summed E-state index contributed by atoms with van der Waals surface area (Å²) in [4.78, 5) is 25.8. The van der Waals surface area contributed by atoms with Gasteiger partial charge in [-0.05, 0) is 44.9 Å². The van der Waals surface area contributed by atoms with E-state index in [2.05, 4.69) is 38.2 Å². The number of hydrogen-bond acceptors (Lipinski definition) is 5. The van der Waals surface area contributed by atoms with Crippen LogP contribution < -0.4 is 5.32 Å². The third-order valence-electron chi connectivity index (χ3n) is 9.59. The van der Waals surface area contributed by atoms with Gasteiger partial charge in [-0.2, -0.15) is 0 Å². The first-order valence-corrected chi connectivity index (χ1v) is 20.9. The second-order valence-electron chi connectivity index (χ2n) is 14.4. The standard InChI is InChI=1S/C42H81NO5/c1-4-7-10-13-16-19-20-23-24-27-30-33-38(48-42(47)35-32-29-26-22-18-15-12-9-6-3)36-41(46)43-39(37-44)40(45)34-31-28-25-21-17-14-11-8-5-2/h23-24,38-40,44-45H,4-22,25-37H2,1-3H3,(H,43,46)/b24-23-. The Hall–Kier alpha value is -1.40. The zero-order valence-corrected chi connectivity index (χ0v) is 32.1. The first kappa shape index (κ1) is 46.6. The number of carbonyl (C=O) groups excluding carboxylic acids is 2. The fourth-order valence-corrected chi connectivity index (χ4v) is 6.37. The summed E-state index contributed by atoms with van der Waals surface area (Å²) >= 11 is 0. The molecule has 0 aliphatic rings. The van der Waals surface area contributed by atoms with Gasteiger partial charge in [-0.1, -0.05) is 174 Å². The van der Waals surface area contributed by atoms with E-state index in [1.165, 1.54) is 116 Å². The van der Waals surface area contributed by atoms with Gasteiger partial charge in [0.15, 0.2) is 0 Å². The molecule has 3 atom stereocenters. The van der Waals surface area contributed by atoms with Gasteiger partial charge in [0.25, 0.3) is 0 Å². The molecule has 3 N–H and O–H groups in total. The number of rotatable bonds is 37. The molecule has 0 rings (SSSR count). The Morgan fingerprint density at radius 2 is 1.02 bits per heavy atom. The third kappa shape index (κ3) is 31.8. The Kier molecular flexibility index (Phi) is 35.8. The zero-order chi connectivity index (χ0) is 35.3. The Morgan fingerprint density at radius 1 is 0.583 bits per heavy atom. The third-order valence-corrected chi connectivity index (χ3v) is 9.59. The van der Waals surface area contributed by atoms with E-state index >= 15 is 0 Å². The molecular weight excluding hydrogens is 598 g/mol. The Labute approximate surface area is 298 Å². The van der Waals surface area contributed by atoms with E-state index in [0.29, 0.717) is 19.3 Å². The van der Waals surface area contributed by atoms with Gasteiger partial charge in [-0.25, -0.2) is 0 Å². The van der Waals surface area contributed by atoms with Crippen LogP contribution in [0.5, 0.6) is 0 Å². The minimum atomic E-state index is -0.784. The maximum Gasteiger partial charge on any atom is 0.306 e. The van der Waals surface area contributed by atoms with Crippen molar-refractivity contribution in [3.8, 4) is 0 Å². The van der Waals surface area contributed by atoms with Crippen LogP contribution in [-0.2, 0) is 14.3 Å². The van der Waals surface area contributed by atoms with Crippen molar-refractivity contribution in [1.29, 1.82) is 0 Å². The van der Waals surface area contributed by atoms with E-state index < -0.39 is 18.2 Å². The van der Waals surface area contributed by atoms with Crippen molar-refractivity contribution in [1.82, 2.24) is 5.32 Å². The largest absolute Gasteiger partial charge is 0.462 e. The molecule has 0 saturated heterocycles. The zero-order valence-electron chi connectivity index (χ0n) is 32.1. The second-order valence-corrected chi connectivity index (χ2v) is 14.4. The van der Waals surface area contributed by atoms with Crippen molar-refractivity contribution in [3.05, 3.63) is 12.2 Å². The minimum Gasteiger partial charge on any atom is -0.462 e. The predicted molar refractivity (Wildman–Crippen MR) is 204 cm³/mol. The lowest BCUT2D eigenvalue weighted by Crippen LogP contribution is -2.46. The normalized spacial score (nSPS) is 13.5. The van der Waals surface area contributed by atoms with E-state index in [1.54, 1.807) is 0 Å². The van der Waals surface area contributed by atoms with Crippen LogP contribution in [0.4, 0.5) is 0 Å². The van der Waals surface area contributed by atoms with Crippen molar-refractivity contribution in [3.63, 3.8) is 0 Å². The monoisotopic (exact) mass is 680 g/mol. The fraction of sp³-hybridized carbons (Fsp3) is 0.905. The number of carbonyl (C=O) groups is 2. The summed E-state index contributed by atoms with van der Waals surface area (Å²) in [6, 6.07) is -0.699. The molecule has 48 heavy (non-hydrogen) atoms. The van der Waals surface area contributed by atoms with Crippen molar-refractivity contribution in [2.45, 2.75) is 238 Å². The molecule has 0 radical (unpaired) electrons. The lowest BCUT2D eigenvalue weighted by atomic mass is 10.0. The number of hydrogen-bond donors (Lipinski definition) is 3. The molecule has 0 aromatic rings. The summed E-state index contributed by atoms with van der Waals surface area (Å²) in [7, 11) is 0. The van der Waals surface area contributed by atoms with E-state index in [9.17, 15) is 19.8 Å². The smallest absolute Gasteiger partial charge is 0.306 e. The molecule has 6 nitrogen and oxygen atoms in total. The molecule has 0 aromatic heterocycles. The quantitative estimate of drug-likeness (QED) is 0.0345. The van der Waals surface area contributed by atoms with Crippen molar-refractivity contribution in [2.75, 3.05) is 6.61 Å². The highest BCUT2D eigenvalue weighted by molar-refractivity contribution is 5.77. The van der Waals surface area contributed by atoms with Gasteiger partial charge >= 0.3 is 5.97 Å². The number of unbranched alkanes of at least 4 members (excludes halogenated alkanes) is 23. The summed E-state index contributed by atoms with van der Waals surface area (Å²) in [6.45, 7) is 6.41. The van der Waals surface area contributed by atoms with Gasteiger partial charge < -0.3 is 20.3 Å². The van der Waals surface area contributed by atoms with E-state index in [0.717, 1.165) is 57.8 Å². The Balaban J connectivity index is 4.63. The van der Waals surface area contributed by atoms with Crippen LogP contribution in [0.3, 0.4) is 0 Å². The van der Waals surface area contributed by atoms with Crippen molar-refractivity contribution < 1.29 is 24.5 Å². The number of amides is 1. The number of ether oxygens (including phenoxy) is 1. The highest BCUT2D eigenvalue weighted by Gasteiger charge is 2.24. The molecule has 0 spiro atoms. The van der Waals surface area contributed by atoms with E-state index in [4.69, 9.17) is 4.74 Å². The van der Waals surface area contributed by atoms with Gasteiger partial charge in [0.05, 0.1) is 25.2 Å². The lowest BCUT2D eigenvalue weighted by molar-refractivity contribution is -0.151. The van der Waals surface area contributed by atoms with Crippen LogP contribution >= 0.6 is 0 Å². The molecule has 284 valence electrons. The van der Waals surface area contributed by atoms with Crippen LogP contribution in [0.25, 0.3) is 0 Å². The van der Waals surface area contributed by atoms with Crippen molar-refractivity contribution >= 4 is 11.9 Å².